The minimum atomic E-state index is 0.797. The molecule has 2 rings (SSSR count). The first-order valence-electron chi connectivity index (χ1n) is 6.27. The van der Waals surface area contributed by atoms with Gasteiger partial charge in [-0.1, -0.05) is 39.2 Å². The minimum Gasteiger partial charge on any atom is -0.386 e. The number of hydrogen-bond acceptors (Lipinski definition) is 1. The minimum absolute atomic E-state index is 0.797. The maximum Gasteiger partial charge on any atom is 0.0291 e. The maximum atomic E-state index is 3.75. The van der Waals surface area contributed by atoms with Gasteiger partial charge in [0.1, 0.15) is 0 Å². The molecule has 0 aromatic carbocycles. The van der Waals surface area contributed by atoms with Crippen LogP contribution in [0.3, 0.4) is 0 Å². The summed E-state index contributed by atoms with van der Waals surface area (Å²) in [5.41, 5.74) is 1.52. The molecule has 1 nitrogen and oxygen atoms in total. The summed E-state index contributed by atoms with van der Waals surface area (Å²) in [5, 5.41) is 3.75. The summed E-state index contributed by atoms with van der Waals surface area (Å²) in [5.74, 6) is 1.85. The molecule has 0 saturated heterocycles. The van der Waals surface area contributed by atoms with Crippen LogP contribution in [0.1, 0.15) is 52.4 Å². The zero-order valence-electron chi connectivity index (χ0n) is 9.55. The quantitative estimate of drug-likeness (QED) is 0.708. The third-order valence-electron chi connectivity index (χ3n) is 3.95. The molecule has 0 radical (unpaired) electrons. The Bertz CT molecular complexity index is 219. The van der Waals surface area contributed by atoms with Gasteiger partial charge in [-0.3, -0.25) is 0 Å². The molecule has 3 atom stereocenters. The third kappa shape index (κ3) is 1.97. The van der Waals surface area contributed by atoms with Gasteiger partial charge in [0.05, 0.1) is 0 Å². The number of rotatable bonds is 2. The number of nitrogens with one attached hydrogen (secondary N) is 1. The van der Waals surface area contributed by atoms with Crippen molar-refractivity contribution < 1.29 is 0 Å². The molecule has 0 aromatic heterocycles. The van der Waals surface area contributed by atoms with Gasteiger partial charge in [-0.15, -0.1) is 0 Å². The van der Waals surface area contributed by atoms with E-state index in [0.29, 0.717) is 0 Å². The highest BCUT2D eigenvalue weighted by atomic mass is 14.9. The Labute approximate surface area is 88.0 Å². The van der Waals surface area contributed by atoms with E-state index in [9.17, 15) is 0 Å². The maximum absolute atomic E-state index is 3.75. The van der Waals surface area contributed by atoms with Crippen LogP contribution in [0.4, 0.5) is 0 Å². The van der Waals surface area contributed by atoms with Gasteiger partial charge < -0.3 is 5.32 Å². The molecule has 1 heterocycles. The van der Waals surface area contributed by atoms with Crippen molar-refractivity contribution in [3.8, 4) is 0 Å². The van der Waals surface area contributed by atoms with Crippen molar-refractivity contribution in [2.24, 2.45) is 11.8 Å². The van der Waals surface area contributed by atoms with Gasteiger partial charge in [0.2, 0.25) is 0 Å². The van der Waals surface area contributed by atoms with Crippen molar-refractivity contribution in [1.82, 2.24) is 5.32 Å². The standard InChI is InChI=1S/C13H23N/c1-3-5-11-8-9-12-10(2)6-4-7-13(12)14-11/h8,10,12-14H,3-7,9H2,1-2H3. The van der Waals surface area contributed by atoms with Crippen LogP contribution in [0, 0.1) is 11.8 Å². The summed E-state index contributed by atoms with van der Waals surface area (Å²) >= 11 is 0. The average molecular weight is 193 g/mol. The van der Waals surface area contributed by atoms with Gasteiger partial charge in [0.25, 0.3) is 0 Å². The van der Waals surface area contributed by atoms with Crippen molar-refractivity contribution in [2.45, 2.75) is 58.4 Å². The second-order valence-electron chi connectivity index (χ2n) is 5.04. The molecule has 0 amide bonds. The SMILES string of the molecule is CCCC1=CCC2C(C)CCCC2N1. The van der Waals surface area contributed by atoms with E-state index in [2.05, 4.69) is 25.2 Å². The molecule has 80 valence electrons. The van der Waals surface area contributed by atoms with Crippen LogP contribution in [0.25, 0.3) is 0 Å². The Morgan fingerprint density at radius 3 is 3.07 bits per heavy atom. The number of hydrogen-bond donors (Lipinski definition) is 1. The van der Waals surface area contributed by atoms with Crippen molar-refractivity contribution in [2.75, 3.05) is 0 Å². The molecule has 3 unspecified atom stereocenters. The summed E-state index contributed by atoms with van der Waals surface area (Å²) in [6, 6.07) is 0.797. The Morgan fingerprint density at radius 1 is 1.43 bits per heavy atom. The number of allylic oxidation sites excluding steroid dienone is 2. The zero-order chi connectivity index (χ0) is 9.97. The fourth-order valence-electron chi connectivity index (χ4n) is 3.08. The lowest BCUT2D eigenvalue weighted by molar-refractivity contribution is 0.189. The van der Waals surface area contributed by atoms with E-state index in [4.69, 9.17) is 0 Å². The third-order valence-corrected chi connectivity index (χ3v) is 3.95. The summed E-state index contributed by atoms with van der Waals surface area (Å²) in [6.45, 7) is 4.69. The van der Waals surface area contributed by atoms with Gasteiger partial charge in [0, 0.05) is 11.7 Å². The van der Waals surface area contributed by atoms with Crippen molar-refractivity contribution >= 4 is 0 Å². The van der Waals surface area contributed by atoms with E-state index in [-0.39, 0.29) is 0 Å². The van der Waals surface area contributed by atoms with Crippen LogP contribution in [0.2, 0.25) is 0 Å². The molecule has 1 saturated carbocycles. The number of fused-ring (bicyclic) bond motifs is 1. The Balaban J connectivity index is 1.99. The molecule has 2 aliphatic rings. The molecule has 0 spiro atoms. The molecule has 1 N–H and O–H groups in total. The Kier molecular flexibility index (Phi) is 3.15. The van der Waals surface area contributed by atoms with Gasteiger partial charge in [-0.2, -0.15) is 0 Å². The van der Waals surface area contributed by atoms with Gasteiger partial charge in [0.15, 0.2) is 0 Å². The highest BCUT2D eigenvalue weighted by Gasteiger charge is 2.32. The van der Waals surface area contributed by atoms with Crippen molar-refractivity contribution in [3.63, 3.8) is 0 Å². The van der Waals surface area contributed by atoms with Crippen LogP contribution in [-0.4, -0.2) is 6.04 Å². The summed E-state index contributed by atoms with van der Waals surface area (Å²) in [7, 11) is 0. The van der Waals surface area contributed by atoms with Crippen LogP contribution in [0.5, 0.6) is 0 Å². The lowest BCUT2D eigenvalue weighted by atomic mass is 9.73. The van der Waals surface area contributed by atoms with Gasteiger partial charge >= 0.3 is 0 Å². The van der Waals surface area contributed by atoms with E-state index < -0.39 is 0 Å². The molecule has 0 bridgehead atoms. The zero-order valence-corrected chi connectivity index (χ0v) is 9.55. The van der Waals surface area contributed by atoms with Crippen LogP contribution < -0.4 is 5.32 Å². The molecule has 1 heteroatoms. The predicted octanol–water partition coefficient (Wildman–Crippen LogP) is 3.47. The topological polar surface area (TPSA) is 12.0 Å². The summed E-state index contributed by atoms with van der Waals surface area (Å²) in [6.07, 6.45) is 10.6. The Hall–Kier alpha value is -0.460. The van der Waals surface area contributed by atoms with Crippen LogP contribution in [-0.2, 0) is 0 Å². The molecule has 14 heavy (non-hydrogen) atoms. The highest BCUT2D eigenvalue weighted by Crippen LogP contribution is 2.35. The van der Waals surface area contributed by atoms with Crippen molar-refractivity contribution in [3.05, 3.63) is 11.8 Å². The molecule has 1 aliphatic carbocycles. The fraction of sp³-hybridized carbons (Fsp3) is 0.846. The monoisotopic (exact) mass is 193 g/mol. The fourth-order valence-corrected chi connectivity index (χ4v) is 3.08. The largest absolute Gasteiger partial charge is 0.386 e. The van der Waals surface area contributed by atoms with Crippen LogP contribution in [0.15, 0.2) is 11.8 Å². The van der Waals surface area contributed by atoms with Crippen LogP contribution >= 0.6 is 0 Å². The normalized spacial score (nSPS) is 37.0. The summed E-state index contributed by atoms with van der Waals surface area (Å²) < 4.78 is 0. The lowest BCUT2D eigenvalue weighted by Crippen LogP contribution is -2.43. The summed E-state index contributed by atoms with van der Waals surface area (Å²) in [4.78, 5) is 0. The van der Waals surface area contributed by atoms with E-state index >= 15 is 0 Å². The molecular formula is C13H23N. The van der Waals surface area contributed by atoms with E-state index in [0.717, 1.165) is 17.9 Å². The molecule has 0 aromatic rings. The van der Waals surface area contributed by atoms with E-state index in [1.165, 1.54) is 44.2 Å². The first-order valence-corrected chi connectivity index (χ1v) is 6.27. The smallest absolute Gasteiger partial charge is 0.0291 e. The van der Waals surface area contributed by atoms with Gasteiger partial charge in [-0.05, 0) is 31.1 Å². The molecular weight excluding hydrogens is 170 g/mol. The molecule has 1 fully saturated rings. The van der Waals surface area contributed by atoms with E-state index in [1.807, 2.05) is 0 Å². The highest BCUT2D eigenvalue weighted by molar-refractivity contribution is 5.09. The Morgan fingerprint density at radius 2 is 2.29 bits per heavy atom. The van der Waals surface area contributed by atoms with E-state index in [1.54, 1.807) is 0 Å². The predicted molar refractivity (Wildman–Crippen MR) is 61.0 cm³/mol. The second-order valence-corrected chi connectivity index (χ2v) is 5.04. The second kappa shape index (κ2) is 4.37. The van der Waals surface area contributed by atoms with Crippen molar-refractivity contribution in [1.29, 1.82) is 0 Å². The average Bonchev–Trinajstić information content (AvgIpc) is 2.18. The molecule has 1 aliphatic heterocycles. The lowest BCUT2D eigenvalue weighted by Gasteiger charge is -2.40. The van der Waals surface area contributed by atoms with Gasteiger partial charge in [-0.25, -0.2) is 0 Å². The first kappa shape index (κ1) is 10.1. The first-order chi connectivity index (χ1) is 6.81.